The molecule has 0 aromatic heterocycles. The molecule has 7 amide bonds. The van der Waals surface area contributed by atoms with E-state index >= 15 is 0 Å². The Labute approximate surface area is 294 Å². The lowest BCUT2D eigenvalue weighted by atomic mass is 9.84. The Morgan fingerprint density at radius 2 is 1.28 bits per heavy atom. The van der Waals surface area contributed by atoms with E-state index in [1.165, 1.54) is 12.2 Å². The van der Waals surface area contributed by atoms with Crippen LogP contribution in [0.3, 0.4) is 0 Å². The zero-order chi connectivity index (χ0) is 37.5. The van der Waals surface area contributed by atoms with Gasteiger partial charge >= 0.3 is 6.03 Å². The quantitative estimate of drug-likeness (QED) is 0.0541. The molecule has 0 aliphatic carbocycles. The molecule has 1 unspecified atom stereocenters. The maximum atomic E-state index is 13.1. The molecule has 0 aromatic carbocycles. The number of carbonyl (C=O) groups excluding carboxylic acids is 7. The summed E-state index contributed by atoms with van der Waals surface area (Å²) in [6.07, 6.45) is 3.14. The van der Waals surface area contributed by atoms with Crippen molar-refractivity contribution in [1.29, 1.82) is 0 Å². The molecule has 0 aromatic rings. The molecule has 50 heavy (non-hydrogen) atoms. The molecule has 17 nitrogen and oxygen atoms in total. The maximum Gasteiger partial charge on any atom is 0.312 e. The second-order valence-electron chi connectivity index (χ2n) is 12.9. The van der Waals surface area contributed by atoms with Crippen molar-refractivity contribution in [3.63, 3.8) is 0 Å². The molecular weight excluding hydrogens is 656 g/mol. The van der Waals surface area contributed by atoms with E-state index in [9.17, 15) is 33.6 Å². The first-order valence-electron chi connectivity index (χ1n) is 16.9. The number of ether oxygens (including phenoxy) is 4. The topological polar surface area (TPSA) is 234 Å². The molecule has 6 N–H and O–H groups in total. The van der Waals surface area contributed by atoms with E-state index in [2.05, 4.69) is 21.3 Å². The highest BCUT2D eigenvalue weighted by Crippen LogP contribution is 2.19. The molecule has 2 atom stereocenters. The largest absolute Gasteiger partial charge is 0.379 e. The standard InChI is InChI=1S/C33H56N6O11/c1-23(2)29(31(45)37-24(30(44)33(3,4)5)7-6-12-36-32(34)46)38-26(41)11-15-47-17-19-49-21-22-50-20-18-48-16-13-35-25(40)10-14-39-27(42)8-9-28(39)43/h8-9,23-24,29H,6-7,10-22H2,1-5H3,(H,35,40)(H,37,45)(H,38,41)(H3,34,36,46)/t24-,29?/m0/s1. The highest BCUT2D eigenvalue weighted by molar-refractivity contribution is 6.13. The molecule has 0 fully saturated rings. The Morgan fingerprint density at radius 3 is 1.80 bits per heavy atom. The average Bonchev–Trinajstić information content (AvgIpc) is 3.36. The fraction of sp³-hybridized carbons (Fsp3) is 0.727. The number of Topliss-reactive ketones (excluding diaryl/α,β-unsaturated/α-hetero) is 1. The van der Waals surface area contributed by atoms with Crippen molar-refractivity contribution in [2.24, 2.45) is 17.1 Å². The summed E-state index contributed by atoms with van der Waals surface area (Å²) in [7, 11) is 0. The minimum absolute atomic E-state index is 0.0214. The summed E-state index contributed by atoms with van der Waals surface area (Å²) >= 11 is 0. The van der Waals surface area contributed by atoms with Gasteiger partial charge in [0.25, 0.3) is 11.8 Å². The first-order chi connectivity index (χ1) is 23.6. The van der Waals surface area contributed by atoms with E-state index in [1.807, 2.05) is 0 Å². The Kier molecular flexibility index (Phi) is 21.4. The zero-order valence-corrected chi connectivity index (χ0v) is 30.0. The second-order valence-corrected chi connectivity index (χ2v) is 12.9. The predicted molar refractivity (Wildman–Crippen MR) is 181 cm³/mol. The molecule has 1 rings (SSSR count). The number of carbonyl (C=O) groups is 7. The lowest BCUT2D eigenvalue weighted by molar-refractivity contribution is -0.137. The smallest absolute Gasteiger partial charge is 0.312 e. The van der Waals surface area contributed by atoms with Crippen LogP contribution in [0.2, 0.25) is 0 Å². The van der Waals surface area contributed by atoms with Gasteiger partial charge < -0.3 is 45.9 Å². The number of hydrogen-bond acceptors (Lipinski definition) is 11. The number of primary amides is 1. The van der Waals surface area contributed by atoms with E-state index in [1.54, 1.807) is 34.6 Å². The van der Waals surface area contributed by atoms with Crippen LogP contribution in [0.1, 0.15) is 60.3 Å². The summed E-state index contributed by atoms with van der Waals surface area (Å²) < 4.78 is 21.7. The molecule has 0 bridgehead atoms. The van der Waals surface area contributed by atoms with E-state index < -0.39 is 41.3 Å². The zero-order valence-electron chi connectivity index (χ0n) is 30.0. The van der Waals surface area contributed by atoms with Crippen LogP contribution >= 0.6 is 0 Å². The molecule has 0 saturated heterocycles. The predicted octanol–water partition coefficient (Wildman–Crippen LogP) is -0.436. The van der Waals surface area contributed by atoms with Gasteiger partial charge in [0.15, 0.2) is 5.78 Å². The fourth-order valence-corrected chi connectivity index (χ4v) is 4.49. The van der Waals surface area contributed by atoms with Crippen molar-refractivity contribution in [3.05, 3.63) is 12.2 Å². The molecule has 0 spiro atoms. The number of hydrogen-bond donors (Lipinski definition) is 5. The third-order valence-electron chi connectivity index (χ3n) is 7.23. The minimum Gasteiger partial charge on any atom is -0.379 e. The van der Waals surface area contributed by atoms with Crippen LogP contribution in [0.25, 0.3) is 0 Å². The summed E-state index contributed by atoms with van der Waals surface area (Å²) in [6, 6.07) is -2.31. The van der Waals surface area contributed by atoms with Gasteiger partial charge in [0.2, 0.25) is 17.7 Å². The van der Waals surface area contributed by atoms with Crippen molar-refractivity contribution in [3.8, 4) is 0 Å². The first-order valence-corrected chi connectivity index (χ1v) is 16.9. The van der Waals surface area contributed by atoms with Gasteiger partial charge in [-0.05, 0) is 18.8 Å². The molecule has 284 valence electrons. The monoisotopic (exact) mass is 712 g/mol. The van der Waals surface area contributed by atoms with Crippen LogP contribution < -0.4 is 27.0 Å². The van der Waals surface area contributed by atoms with Crippen LogP contribution in [0.5, 0.6) is 0 Å². The maximum absolute atomic E-state index is 13.1. The van der Waals surface area contributed by atoms with E-state index in [0.29, 0.717) is 45.9 Å². The van der Waals surface area contributed by atoms with Crippen LogP contribution in [-0.4, -0.2) is 131 Å². The molecular formula is C33H56N6O11. The molecule has 1 aliphatic rings. The lowest BCUT2D eigenvalue weighted by Crippen LogP contribution is -2.55. The third kappa shape index (κ3) is 19.3. The number of amides is 7. The average molecular weight is 713 g/mol. The van der Waals surface area contributed by atoms with Crippen LogP contribution in [0.4, 0.5) is 4.79 Å². The van der Waals surface area contributed by atoms with Gasteiger partial charge in [0, 0.05) is 50.0 Å². The van der Waals surface area contributed by atoms with Gasteiger partial charge in [0.05, 0.1) is 58.9 Å². The number of imide groups is 1. The molecule has 0 saturated carbocycles. The van der Waals surface area contributed by atoms with Gasteiger partial charge in [0.1, 0.15) is 6.04 Å². The summed E-state index contributed by atoms with van der Waals surface area (Å²) in [4.78, 5) is 85.4. The number of ketones is 1. The van der Waals surface area contributed by atoms with Gasteiger partial charge in [-0.1, -0.05) is 34.6 Å². The Morgan fingerprint density at radius 1 is 0.740 bits per heavy atom. The Bertz CT molecular complexity index is 1140. The van der Waals surface area contributed by atoms with Gasteiger partial charge in [-0.15, -0.1) is 0 Å². The first kappa shape index (κ1) is 44.1. The van der Waals surface area contributed by atoms with Gasteiger partial charge in [-0.3, -0.25) is 33.7 Å². The van der Waals surface area contributed by atoms with Crippen molar-refractivity contribution in [2.75, 3.05) is 72.5 Å². The molecule has 1 heterocycles. The Balaban J connectivity index is 2.13. The van der Waals surface area contributed by atoms with E-state index in [-0.39, 0.29) is 75.8 Å². The highest BCUT2D eigenvalue weighted by Gasteiger charge is 2.33. The summed E-state index contributed by atoms with van der Waals surface area (Å²) in [6.45, 7) is 11.8. The van der Waals surface area contributed by atoms with E-state index in [0.717, 1.165) is 4.90 Å². The number of nitrogens with zero attached hydrogens (tertiary/aromatic N) is 1. The van der Waals surface area contributed by atoms with Crippen molar-refractivity contribution < 1.29 is 52.5 Å². The third-order valence-corrected chi connectivity index (χ3v) is 7.23. The SMILES string of the molecule is CC(C)C(NC(=O)CCOCCOCCOCCOCCNC(=O)CCN1C(=O)C=CC1=O)C(=O)N[C@@H](CCCNC(N)=O)C(=O)C(C)(C)C. The van der Waals surface area contributed by atoms with Gasteiger partial charge in [-0.2, -0.15) is 0 Å². The van der Waals surface area contributed by atoms with E-state index in [4.69, 9.17) is 24.7 Å². The summed E-state index contributed by atoms with van der Waals surface area (Å²) in [5.74, 6) is -2.36. The molecule has 1 aliphatic heterocycles. The number of nitrogens with one attached hydrogen (secondary N) is 4. The number of nitrogens with two attached hydrogens (primary N) is 1. The number of rotatable bonds is 27. The van der Waals surface area contributed by atoms with Gasteiger partial charge in [-0.25, -0.2) is 4.79 Å². The lowest BCUT2D eigenvalue weighted by Gasteiger charge is -2.28. The fourth-order valence-electron chi connectivity index (χ4n) is 4.49. The second kappa shape index (κ2) is 24.3. The van der Waals surface area contributed by atoms with Crippen LogP contribution in [-0.2, 0) is 47.7 Å². The van der Waals surface area contributed by atoms with Crippen LogP contribution in [0.15, 0.2) is 12.2 Å². The van der Waals surface area contributed by atoms with Crippen molar-refractivity contribution >= 4 is 41.4 Å². The molecule has 0 radical (unpaired) electrons. The number of urea groups is 1. The normalized spacial score (nSPS) is 14.1. The van der Waals surface area contributed by atoms with Crippen molar-refractivity contribution in [2.45, 2.75) is 72.4 Å². The summed E-state index contributed by atoms with van der Waals surface area (Å²) in [5, 5.41) is 10.6. The highest BCUT2D eigenvalue weighted by atomic mass is 16.6. The minimum atomic E-state index is -0.855. The Hall–Kier alpha value is -3.93. The van der Waals surface area contributed by atoms with Crippen molar-refractivity contribution in [1.82, 2.24) is 26.2 Å². The molecule has 17 heteroatoms. The van der Waals surface area contributed by atoms with Crippen LogP contribution in [0, 0.1) is 11.3 Å². The summed E-state index contributed by atoms with van der Waals surface area (Å²) in [5.41, 5.74) is 4.39.